The van der Waals surface area contributed by atoms with E-state index in [1.54, 1.807) is 0 Å². The third-order valence-corrected chi connectivity index (χ3v) is 4.04. The zero-order valence-electron chi connectivity index (χ0n) is 12.8. The van der Waals surface area contributed by atoms with Gasteiger partial charge in [-0.2, -0.15) is 0 Å². The molecular weight excluding hydrogens is 278 g/mol. The predicted octanol–water partition coefficient (Wildman–Crippen LogP) is 2.96. The number of rotatable bonds is 4. The number of carbonyl (C=O) groups is 1. The maximum absolute atomic E-state index is 12.3. The highest BCUT2D eigenvalue weighted by Crippen LogP contribution is 2.24. The van der Waals surface area contributed by atoms with Gasteiger partial charge in [-0.1, -0.05) is 19.1 Å². The zero-order valence-corrected chi connectivity index (χ0v) is 12.8. The molecule has 22 heavy (non-hydrogen) atoms. The van der Waals surface area contributed by atoms with E-state index in [1.807, 2.05) is 24.3 Å². The normalized spacial score (nSPS) is 15.7. The van der Waals surface area contributed by atoms with Crippen LogP contribution < -0.4 is 10.6 Å². The molecule has 2 N–H and O–H groups in total. The summed E-state index contributed by atoms with van der Waals surface area (Å²) in [7, 11) is 0. The Bertz CT molecular complexity index is 645. The first kappa shape index (κ1) is 14.8. The van der Waals surface area contributed by atoms with E-state index in [4.69, 9.17) is 4.42 Å². The number of aromatic nitrogens is 1. The molecule has 1 aliphatic heterocycles. The Kier molecular flexibility index (Phi) is 4.53. The van der Waals surface area contributed by atoms with E-state index in [9.17, 15) is 4.79 Å². The lowest BCUT2D eigenvalue weighted by atomic mass is 9.98. The van der Waals surface area contributed by atoms with Gasteiger partial charge in [0.25, 0.3) is 5.91 Å². The summed E-state index contributed by atoms with van der Waals surface area (Å²) in [5.41, 5.74) is 2.32. The number of aryl methyl sites for hydroxylation is 1. The third kappa shape index (κ3) is 3.36. The molecule has 0 bridgehead atoms. The number of oxazole rings is 1. The van der Waals surface area contributed by atoms with E-state index >= 15 is 0 Å². The number of anilines is 1. The molecule has 0 unspecified atom stereocenters. The number of nitrogens with one attached hydrogen (secondary N) is 2. The summed E-state index contributed by atoms with van der Waals surface area (Å²) in [5.74, 6) is 0.761. The number of piperidine rings is 1. The highest BCUT2D eigenvalue weighted by molar-refractivity contribution is 6.02. The molecule has 3 rings (SSSR count). The summed E-state index contributed by atoms with van der Waals surface area (Å²) in [6, 6.07) is 7.84. The molecule has 1 aliphatic rings. The van der Waals surface area contributed by atoms with Crippen LogP contribution in [0.4, 0.5) is 5.69 Å². The van der Waals surface area contributed by atoms with Crippen molar-refractivity contribution in [3.05, 3.63) is 47.7 Å². The summed E-state index contributed by atoms with van der Waals surface area (Å²) < 4.78 is 5.51. The molecule has 0 saturated carbocycles. The topological polar surface area (TPSA) is 67.2 Å². The van der Waals surface area contributed by atoms with E-state index in [0.29, 0.717) is 17.5 Å². The van der Waals surface area contributed by atoms with Crippen molar-refractivity contribution in [2.24, 2.45) is 0 Å². The van der Waals surface area contributed by atoms with Crippen LogP contribution in [0.1, 0.15) is 47.6 Å². The van der Waals surface area contributed by atoms with Crippen LogP contribution in [0.5, 0.6) is 0 Å². The van der Waals surface area contributed by atoms with Crippen molar-refractivity contribution in [1.82, 2.24) is 10.3 Å². The molecule has 5 heteroatoms. The molecule has 1 aromatic carbocycles. The second-order valence-electron chi connectivity index (χ2n) is 5.60. The Morgan fingerprint density at radius 2 is 2.23 bits per heavy atom. The van der Waals surface area contributed by atoms with Gasteiger partial charge in [-0.05, 0) is 50.0 Å². The number of benzene rings is 1. The Morgan fingerprint density at radius 3 is 3.00 bits per heavy atom. The van der Waals surface area contributed by atoms with Crippen molar-refractivity contribution >= 4 is 11.6 Å². The van der Waals surface area contributed by atoms with Gasteiger partial charge < -0.3 is 15.1 Å². The molecule has 5 nitrogen and oxygen atoms in total. The average Bonchev–Trinajstić information content (AvgIpc) is 3.06. The third-order valence-electron chi connectivity index (χ3n) is 4.04. The molecule has 1 saturated heterocycles. The van der Waals surface area contributed by atoms with Crippen LogP contribution in [-0.2, 0) is 6.42 Å². The molecular formula is C17H21N3O2. The van der Waals surface area contributed by atoms with Crippen LogP contribution in [0.3, 0.4) is 0 Å². The highest BCUT2D eigenvalue weighted by atomic mass is 16.3. The maximum Gasteiger partial charge on any atom is 0.277 e. The minimum Gasteiger partial charge on any atom is -0.448 e. The van der Waals surface area contributed by atoms with E-state index < -0.39 is 0 Å². The van der Waals surface area contributed by atoms with Crippen molar-refractivity contribution < 1.29 is 9.21 Å². The summed E-state index contributed by atoms with van der Waals surface area (Å²) in [6.45, 7) is 4.03. The number of carbonyl (C=O) groups excluding carboxylic acids is 1. The van der Waals surface area contributed by atoms with Crippen LogP contribution in [0, 0.1) is 0 Å². The number of amides is 1. The van der Waals surface area contributed by atoms with E-state index in [0.717, 1.165) is 38.0 Å². The minimum absolute atomic E-state index is 0.225. The van der Waals surface area contributed by atoms with Gasteiger partial charge in [0.05, 0.1) is 0 Å². The smallest absolute Gasteiger partial charge is 0.277 e. The van der Waals surface area contributed by atoms with E-state index in [-0.39, 0.29) is 5.91 Å². The molecule has 1 fully saturated rings. The van der Waals surface area contributed by atoms with Gasteiger partial charge in [0.1, 0.15) is 6.26 Å². The first-order valence-corrected chi connectivity index (χ1v) is 7.82. The van der Waals surface area contributed by atoms with Crippen LogP contribution in [0.15, 0.2) is 34.9 Å². The fourth-order valence-corrected chi connectivity index (χ4v) is 2.71. The van der Waals surface area contributed by atoms with Gasteiger partial charge in [-0.15, -0.1) is 0 Å². The number of nitrogens with zero attached hydrogens (tertiary/aromatic N) is 1. The number of hydrogen-bond donors (Lipinski definition) is 2. The quantitative estimate of drug-likeness (QED) is 0.911. The zero-order chi connectivity index (χ0) is 15.4. The Labute approximate surface area is 130 Å². The van der Waals surface area contributed by atoms with Gasteiger partial charge >= 0.3 is 0 Å². The summed E-state index contributed by atoms with van der Waals surface area (Å²) in [6.07, 6.45) is 4.39. The molecule has 0 spiro atoms. The Balaban J connectivity index is 1.68. The highest BCUT2D eigenvalue weighted by Gasteiger charge is 2.22. The second-order valence-corrected chi connectivity index (χ2v) is 5.60. The van der Waals surface area contributed by atoms with Gasteiger partial charge in [0.2, 0.25) is 0 Å². The van der Waals surface area contributed by atoms with Gasteiger partial charge in [-0.25, -0.2) is 4.98 Å². The van der Waals surface area contributed by atoms with E-state index in [2.05, 4.69) is 22.5 Å². The minimum atomic E-state index is -0.225. The summed E-state index contributed by atoms with van der Waals surface area (Å²) in [4.78, 5) is 16.6. The Morgan fingerprint density at radius 1 is 1.41 bits per heavy atom. The predicted molar refractivity (Wildman–Crippen MR) is 85.1 cm³/mol. The van der Waals surface area contributed by atoms with Crippen LogP contribution >= 0.6 is 0 Å². The van der Waals surface area contributed by atoms with Crippen LogP contribution in [-0.4, -0.2) is 24.0 Å². The lowest BCUT2D eigenvalue weighted by Crippen LogP contribution is -2.26. The monoisotopic (exact) mass is 299 g/mol. The molecule has 0 radical (unpaired) electrons. The van der Waals surface area contributed by atoms with Gasteiger partial charge in [0.15, 0.2) is 11.6 Å². The molecule has 1 amide bonds. The van der Waals surface area contributed by atoms with Gasteiger partial charge in [0, 0.05) is 11.6 Å². The molecule has 0 atom stereocenters. The fraction of sp³-hybridized carbons (Fsp3) is 0.412. The second kappa shape index (κ2) is 6.75. The van der Waals surface area contributed by atoms with E-state index in [1.165, 1.54) is 11.8 Å². The molecule has 2 heterocycles. The standard InChI is InChI=1S/C17H21N3O2/c1-2-12-4-3-5-14(10-12)19-16(21)15-11-22-17(20-15)13-6-8-18-9-7-13/h3-5,10-11,13,18H,2,6-9H2,1H3,(H,19,21). The van der Waals surface area contributed by atoms with Gasteiger partial charge in [-0.3, -0.25) is 4.79 Å². The molecule has 116 valence electrons. The van der Waals surface area contributed by atoms with Crippen molar-refractivity contribution in [2.75, 3.05) is 18.4 Å². The lowest BCUT2D eigenvalue weighted by Gasteiger charge is -2.19. The summed E-state index contributed by atoms with van der Waals surface area (Å²) >= 11 is 0. The average molecular weight is 299 g/mol. The van der Waals surface area contributed by atoms with Crippen molar-refractivity contribution in [1.29, 1.82) is 0 Å². The van der Waals surface area contributed by atoms with Crippen molar-refractivity contribution in [3.8, 4) is 0 Å². The number of hydrogen-bond acceptors (Lipinski definition) is 4. The Hall–Kier alpha value is -2.14. The SMILES string of the molecule is CCc1cccc(NC(=O)c2coc(C3CCNCC3)n2)c1. The fourth-order valence-electron chi connectivity index (χ4n) is 2.71. The molecule has 1 aromatic heterocycles. The van der Waals surface area contributed by atoms with Crippen molar-refractivity contribution in [3.63, 3.8) is 0 Å². The lowest BCUT2D eigenvalue weighted by molar-refractivity contribution is 0.102. The largest absolute Gasteiger partial charge is 0.448 e. The van der Waals surface area contributed by atoms with Crippen LogP contribution in [0.2, 0.25) is 0 Å². The molecule has 0 aliphatic carbocycles. The maximum atomic E-state index is 12.3. The molecule has 2 aromatic rings. The summed E-state index contributed by atoms with van der Waals surface area (Å²) in [5, 5.41) is 6.18. The van der Waals surface area contributed by atoms with Crippen LogP contribution in [0.25, 0.3) is 0 Å². The first-order valence-electron chi connectivity index (χ1n) is 7.82. The first-order chi connectivity index (χ1) is 10.8. The van der Waals surface area contributed by atoms with Crippen molar-refractivity contribution in [2.45, 2.75) is 32.1 Å².